The molecule has 0 radical (unpaired) electrons. The maximum Gasteiger partial charge on any atom is 0.240 e. The number of benzene rings is 1. The summed E-state index contributed by atoms with van der Waals surface area (Å²) >= 11 is 0. The molecule has 0 spiro atoms. The number of hydrogen-bond donors (Lipinski definition) is 2. The highest BCUT2D eigenvalue weighted by molar-refractivity contribution is 7.89. The van der Waals surface area contributed by atoms with E-state index >= 15 is 0 Å². The van der Waals surface area contributed by atoms with Gasteiger partial charge in [0.05, 0.1) is 11.5 Å². The van der Waals surface area contributed by atoms with Crippen molar-refractivity contribution in [3.8, 4) is 0 Å². The topological polar surface area (TPSA) is 93.2 Å². The first kappa shape index (κ1) is 20.4. The third-order valence-electron chi connectivity index (χ3n) is 4.02. The number of rotatable bonds is 9. The molecule has 8 heteroatoms. The van der Waals surface area contributed by atoms with E-state index in [-0.39, 0.29) is 17.5 Å². The second-order valence-corrected chi connectivity index (χ2v) is 7.87. The minimum atomic E-state index is -3.54. The number of methoxy groups -OCH3 is 1. The van der Waals surface area contributed by atoms with Gasteiger partial charge in [0.2, 0.25) is 10.0 Å². The molecule has 7 nitrogen and oxygen atoms in total. The average molecular weight is 378 g/mol. The molecule has 1 aromatic carbocycles. The number of nitrogens with zero attached hydrogens (tertiary/aromatic N) is 2. The van der Waals surface area contributed by atoms with E-state index in [9.17, 15) is 8.42 Å². The van der Waals surface area contributed by atoms with Crippen molar-refractivity contribution in [3.63, 3.8) is 0 Å². The number of hydrogen-bond acceptors (Lipinski definition) is 6. The van der Waals surface area contributed by atoms with Gasteiger partial charge in [0.25, 0.3) is 0 Å². The van der Waals surface area contributed by atoms with Crippen molar-refractivity contribution < 1.29 is 13.2 Å². The Morgan fingerprint density at radius 2 is 2.04 bits per heavy atom. The maximum absolute atomic E-state index is 12.3. The Morgan fingerprint density at radius 1 is 1.27 bits per heavy atom. The summed E-state index contributed by atoms with van der Waals surface area (Å²) in [4.78, 5) is 8.88. The van der Waals surface area contributed by atoms with Crippen molar-refractivity contribution in [2.24, 2.45) is 0 Å². The molecule has 1 heterocycles. The first-order valence-corrected chi connectivity index (χ1v) is 9.93. The molecular weight excluding hydrogens is 352 g/mol. The summed E-state index contributed by atoms with van der Waals surface area (Å²) in [6, 6.07) is 6.95. The van der Waals surface area contributed by atoms with Crippen molar-refractivity contribution in [1.29, 1.82) is 0 Å². The van der Waals surface area contributed by atoms with Crippen molar-refractivity contribution in [1.82, 2.24) is 20.0 Å². The molecule has 0 saturated heterocycles. The van der Waals surface area contributed by atoms with Crippen LogP contribution in [0.25, 0.3) is 0 Å². The third kappa shape index (κ3) is 5.57. The fourth-order valence-electron chi connectivity index (χ4n) is 2.58. The zero-order valence-corrected chi connectivity index (χ0v) is 16.4. The number of sulfonamides is 1. The van der Waals surface area contributed by atoms with Crippen LogP contribution in [0.1, 0.15) is 35.6 Å². The monoisotopic (exact) mass is 378 g/mol. The van der Waals surface area contributed by atoms with Gasteiger partial charge in [-0.3, -0.25) is 0 Å². The lowest BCUT2D eigenvalue weighted by atomic mass is 10.1. The SMILES string of the molecule is COCCNS(=O)(=O)c1cccc(CNC(C)c2cnc(C)nc2C)c1. The largest absolute Gasteiger partial charge is 0.383 e. The molecule has 0 bridgehead atoms. The minimum Gasteiger partial charge on any atom is -0.383 e. The smallest absolute Gasteiger partial charge is 0.240 e. The lowest BCUT2D eigenvalue weighted by molar-refractivity contribution is 0.204. The standard InChI is InChI=1S/C18H26N4O3S/c1-13(18-12-20-15(3)22-14(18)2)19-11-16-6-5-7-17(10-16)26(23,24)21-8-9-25-4/h5-7,10,12-13,19,21H,8-9,11H2,1-4H3. The van der Waals surface area contributed by atoms with Gasteiger partial charge in [0, 0.05) is 43.7 Å². The van der Waals surface area contributed by atoms with Crippen LogP contribution >= 0.6 is 0 Å². The van der Waals surface area contributed by atoms with E-state index in [0.29, 0.717) is 13.2 Å². The number of nitrogens with one attached hydrogen (secondary N) is 2. The predicted molar refractivity (Wildman–Crippen MR) is 100 cm³/mol. The predicted octanol–water partition coefficient (Wildman–Crippen LogP) is 1.87. The molecule has 0 aliphatic heterocycles. The second kappa shape index (κ2) is 9.18. The van der Waals surface area contributed by atoms with Gasteiger partial charge in [-0.25, -0.2) is 23.1 Å². The van der Waals surface area contributed by atoms with E-state index in [1.807, 2.05) is 33.0 Å². The van der Waals surface area contributed by atoms with Crippen LogP contribution < -0.4 is 10.0 Å². The zero-order chi connectivity index (χ0) is 19.2. The Bertz CT molecular complexity index is 840. The summed E-state index contributed by atoms with van der Waals surface area (Å²) in [5.74, 6) is 0.748. The molecule has 142 valence electrons. The summed E-state index contributed by atoms with van der Waals surface area (Å²) < 4.78 is 32.0. The summed E-state index contributed by atoms with van der Waals surface area (Å²) in [5.41, 5.74) is 2.86. The van der Waals surface area contributed by atoms with Crippen LogP contribution in [0, 0.1) is 13.8 Å². The van der Waals surface area contributed by atoms with E-state index in [1.165, 1.54) is 7.11 Å². The minimum absolute atomic E-state index is 0.0516. The van der Waals surface area contributed by atoms with Crippen LogP contribution in [0.5, 0.6) is 0 Å². The van der Waals surface area contributed by atoms with Crippen LogP contribution in [0.2, 0.25) is 0 Å². The van der Waals surface area contributed by atoms with Gasteiger partial charge in [-0.05, 0) is 38.5 Å². The van der Waals surface area contributed by atoms with E-state index in [2.05, 4.69) is 20.0 Å². The van der Waals surface area contributed by atoms with Gasteiger partial charge in [0.15, 0.2) is 0 Å². The van der Waals surface area contributed by atoms with Crippen molar-refractivity contribution >= 4 is 10.0 Å². The first-order chi connectivity index (χ1) is 12.3. The number of aryl methyl sites for hydroxylation is 2. The molecule has 0 saturated carbocycles. The molecular formula is C18H26N4O3S. The van der Waals surface area contributed by atoms with Gasteiger partial charge in [-0.15, -0.1) is 0 Å². The lowest BCUT2D eigenvalue weighted by Crippen LogP contribution is -2.27. The Balaban J connectivity index is 2.04. The van der Waals surface area contributed by atoms with E-state index in [1.54, 1.807) is 18.2 Å². The fourth-order valence-corrected chi connectivity index (χ4v) is 3.67. The Hall–Kier alpha value is -1.87. The van der Waals surface area contributed by atoms with E-state index < -0.39 is 10.0 Å². The highest BCUT2D eigenvalue weighted by atomic mass is 32.2. The lowest BCUT2D eigenvalue weighted by Gasteiger charge is -2.16. The first-order valence-electron chi connectivity index (χ1n) is 8.44. The van der Waals surface area contributed by atoms with Crippen molar-refractivity contribution in [2.75, 3.05) is 20.3 Å². The van der Waals surface area contributed by atoms with Crippen LogP contribution in [-0.4, -0.2) is 38.6 Å². The normalized spacial score (nSPS) is 12.9. The molecule has 0 fully saturated rings. The van der Waals surface area contributed by atoms with Gasteiger partial charge in [-0.1, -0.05) is 12.1 Å². The van der Waals surface area contributed by atoms with Gasteiger partial charge in [-0.2, -0.15) is 0 Å². The van der Waals surface area contributed by atoms with Gasteiger partial charge >= 0.3 is 0 Å². The highest BCUT2D eigenvalue weighted by Crippen LogP contribution is 2.16. The Kier molecular flexibility index (Phi) is 7.22. The second-order valence-electron chi connectivity index (χ2n) is 6.10. The van der Waals surface area contributed by atoms with Crippen molar-refractivity contribution in [3.05, 3.63) is 53.1 Å². The van der Waals surface area contributed by atoms with Crippen LogP contribution in [0.4, 0.5) is 0 Å². The Labute approximate surface area is 155 Å². The van der Waals surface area contributed by atoms with Crippen LogP contribution in [-0.2, 0) is 21.3 Å². The summed E-state index contributed by atoms with van der Waals surface area (Å²) in [6.45, 7) is 6.97. The molecule has 2 N–H and O–H groups in total. The van der Waals surface area contributed by atoms with Crippen LogP contribution in [0.15, 0.2) is 35.4 Å². The molecule has 0 aliphatic rings. The molecule has 26 heavy (non-hydrogen) atoms. The molecule has 0 amide bonds. The number of ether oxygens (including phenoxy) is 1. The number of aromatic nitrogens is 2. The van der Waals surface area contributed by atoms with Gasteiger partial charge in [0.1, 0.15) is 5.82 Å². The zero-order valence-electron chi connectivity index (χ0n) is 15.6. The molecule has 2 rings (SSSR count). The molecule has 2 aromatic rings. The summed E-state index contributed by atoms with van der Waals surface area (Å²) in [6.07, 6.45) is 1.83. The average Bonchev–Trinajstić information content (AvgIpc) is 2.60. The van der Waals surface area contributed by atoms with Crippen LogP contribution in [0.3, 0.4) is 0 Å². The molecule has 1 unspecified atom stereocenters. The van der Waals surface area contributed by atoms with Crippen molar-refractivity contribution in [2.45, 2.75) is 38.3 Å². The fraction of sp³-hybridized carbons (Fsp3) is 0.444. The molecule has 1 aromatic heterocycles. The quantitative estimate of drug-likeness (QED) is 0.647. The van der Waals surface area contributed by atoms with E-state index in [0.717, 1.165) is 22.6 Å². The van der Waals surface area contributed by atoms with Gasteiger partial charge < -0.3 is 10.1 Å². The summed E-state index contributed by atoms with van der Waals surface area (Å²) in [5, 5.41) is 3.39. The maximum atomic E-state index is 12.3. The Morgan fingerprint density at radius 3 is 2.73 bits per heavy atom. The molecule has 0 aliphatic carbocycles. The molecule has 1 atom stereocenters. The summed E-state index contributed by atoms with van der Waals surface area (Å²) in [7, 11) is -2.00. The third-order valence-corrected chi connectivity index (χ3v) is 5.48. The van der Waals surface area contributed by atoms with E-state index in [4.69, 9.17) is 4.74 Å². The highest BCUT2D eigenvalue weighted by Gasteiger charge is 2.14.